The average Bonchev–Trinajstić information content (AvgIpc) is 2.03. The van der Waals surface area contributed by atoms with E-state index in [1.165, 1.54) is 12.8 Å². The van der Waals surface area contributed by atoms with Crippen molar-refractivity contribution >= 4 is 11.0 Å². The SMILES string of the molecule is CC(C)[C@@H]1CC[C@@H](C)C[C@@H]1S(N)=O. The minimum absolute atomic E-state index is 0.240. The van der Waals surface area contributed by atoms with Gasteiger partial charge in [0, 0.05) is 0 Å². The van der Waals surface area contributed by atoms with Gasteiger partial charge >= 0.3 is 0 Å². The van der Waals surface area contributed by atoms with E-state index in [0.29, 0.717) is 17.8 Å². The molecule has 2 nitrogen and oxygen atoms in total. The summed E-state index contributed by atoms with van der Waals surface area (Å²) < 4.78 is 11.3. The molecule has 0 bridgehead atoms. The van der Waals surface area contributed by atoms with E-state index < -0.39 is 11.0 Å². The molecule has 0 radical (unpaired) electrons. The lowest BCUT2D eigenvalue weighted by Crippen LogP contribution is -2.38. The number of nitrogens with two attached hydrogens (primary N) is 1. The molecule has 78 valence electrons. The lowest BCUT2D eigenvalue weighted by molar-refractivity contribution is 0.241. The highest BCUT2D eigenvalue weighted by Gasteiger charge is 2.33. The van der Waals surface area contributed by atoms with E-state index in [1.54, 1.807) is 0 Å². The van der Waals surface area contributed by atoms with Crippen LogP contribution in [0.1, 0.15) is 40.0 Å². The molecule has 0 amide bonds. The fourth-order valence-corrected chi connectivity index (χ4v) is 3.69. The molecule has 1 aliphatic rings. The summed E-state index contributed by atoms with van der Waals surface area (Å²) in [5, 5.41) is 5.77. The summed E-state index contributed by atoms with van der Waals surface area (Å²) in [5.74, 6) is 1.89. The van der Waals surface area contributed by atoms with Crippen LogP contribution in [0.2, 0.25) is 0 Å². The topological polar surface area (TPSA) is 43.1 Å². The zero-order chi connectivity index (χ0) is 10.0. The van der Waals surface area contributed by atoms with Crippen LogP contribution in [0, 0.1) is 17.8 Å². The van der Waals surface area contributed by atoms with Gasteiger partial charge in [-0.1, -0.05) is 27.2 Å². The normalized spacial score (nSPS) is 37.8. The molecule has 3 heteroatoms. The van der Waals surface area contributed by atoms with Gasteiger partial charge in [-0.2, -0.15) is 0 Å². The minimum atomic E-state index is -1.12. The zero-order valence-corrected chi connectivity index (χ0v) is 9.64. The van der Waals surface area contributed by atoms with Gasteiger partial charge in [-0.05, 0) is 30.6 Å². The summed E-state index contributed by atoms with van der Waals surface area (Å²) in [7, 11) is -1.12. The Balaban J connectivity index is 2.66. The molecule has 0 heterocycles. The first-order chi connectivity index (χ1) is 6.02. The first kappa shape index (κ1) is 11.2. The molecule has 0 aliphatic heterocycles. The van der Waals surface area contributed by atoms with Gasteiger partial charge < -0.3 is 0 Å². The molecule has 0 spiro atoms. The maximum atomic E-state index is 11.3. The number of hydrogen-bond acceptors (Lipinski definition) is 1. The summed E-state index contributed by atoms with van der Waals surface area (Å²) >= 11 is 0. The zero-order valence-electron chi connectivity index (χ0n) is 8.82. The van der Waals surface area contributed by atoms with Crippen molar-refractivity contribution in [2.45, 2.75) is 45.3 Å². The molecule has 0 aromatic rings. The average molecular weight is 203 g/mol. The highest BCUT2D eigenvalue weighted by atomic mass is 32.2. The first-order valence-corrected chi connectivity index (χ1v) is 6.45. The molecule has 2 N–H and O–H groups in total. The molecule has 0 aromatic heterocycles. The number of hydrogen-bond donors (Lipinski definition) is 1. The first-order valence-electron chi connectivity index (χ1n) is 5.17. The third-order valence-corrected chi connectivity index (χ3v) is 4.40. The maximum Gasteiger partial charge on any atom is 0.0922 e. The molecule has 4 atom stereocenters. The molecule has 1 unspecified atom stereocenters. The highest BCUT2D eigenvalue weighted by Crippen LogP contribution is 2.35. The second kappa shape index (κ2) is 4.56. The van der Waals surface area contributed by atoms with Crippen LogP contribution in [0.15, 0.2) is 0 Å². The summed E-state index contributed by atoms with van der Waals surface area (Å²) in [5.41, 5.74) is 0. The van der Waals surface area contributed by atoms with Gasteiger partial charge in [0.15, 0.2) is 0 Å². The third kappa shape index (κ3) is 2.78. The van der Waals surface area contributed by atoms with Crippen molar-refractivity contribution in [2.24, 2.45) is 22.9 Å². The lowest BCUT2D eigenvalue weighted by atomic mass is 9.77. The Bertz CT molecular complexity index is 193. The van der Waals surface area contributed by atoms with E-state index in [-0.39, 0.29) is 5.25 Å². The van der Waals surface area contributed by atoms with Crippen LogP contribution in [0.5, 0.6) is 0 Å². The molecule has 13 heavy (non-hydrogen) atoms. The summed E-state index contributed by atoms with van der Waals surface area (Å²) in [6.07, 6.45) is 3.52. The van der Waals surface area contributed by atoms with Gasteiger partial charge in [-0.15, -0.1) is 0 Å². The van der Waals surface area contributed by atoms with Crippen LogP contribution < -0.4 is 5.14 Å². The Morgan fingerprint density at radius 3 is 2.46 bits per heavy atom. The Morgan fingerprint density at radius 2 is 2.00 bits per heavy atom. The molecule has 1 rings (SSSR count). The predicted octanol–water partition coefficient (Wildman–Crippen LogP) is 2.07. The second-order valence-corrected chi connectivity index (χ2v) is 5.96. The van der Waals surface area contributed by atoms with Crippen molar-refractivity contribution in [1.29, 1.82) is 0 Å². The summed E-state index contributed by atoms with van der Waals surface area (Å²) in [6, 6.07) is 0. The van der Waals surface area contributed by atoms with Crippen LogP contribution >= 0.6 is 0 Å². The van der Waals surface area contributed by atoms with Crippen molar-refractivity contribution in [1.82, 2.24) is 0 Å². The van der Waals surface area contributed by atoms with Gasteiger partial charge in [0.2, 0.25) is 0 Å². The monoisotopic (exact) mass is 203 g/mol. The van der Waals surface area contributed by atoms with Crippen LogP contribution in [0.3, 0.4) is 0 Å². The second-order valence-electron chi connectivity index (χ2n) is 4.69. The molecule has 0 aromatic carbocycles. The lowest BCUT2D eigenvalue weighted by Gasteiger charge is -2.35. The van der Waals surface area contributed by atoms with Gasteiger partial charge in [0.25, 0.3) is 0 Å². The predicted molar refractivity (Wildman–Crippen MR) is 57.5 cm³/mol. The Hall–Kier alpha value is 0.110. The Morgan fingerprint density at radius 1 is 1.38 bits per heavy atom. The molecular formula is C10H21NOS. The van der Waals surface area contributed by atoms with Crippen molar-refractivity contribution in [3.05, 3.63) is 0 Å². The fourth-order valence-electron chi connectivity index (χ4n) is 2.38. The summed E-state index contributed by atoms with van der Waals surface area (Å²) in [4.78, 5) is 0. The van der Waals surface area contributed by atoms with E-state index in [4.69, 9.17) is 5.14 Å². The van der Waals surface area contributed by atoms with E-state index in [1.807, 2.05) is 0 Å². The van der Waals surface area contributed by atoms with Crippen LogP contribution in [-0.2, 0) is 11.0 Å². The smallest absolute Gasteiger partial charge is 0.0922 e. The summed E-state index contributed by atoms with van der Waals surface area (Å²) in [6.45, 7) is 6.65. The molecule has 0 saturated heterocycles. The molecule has 1 saturated carbocycles. The Labute approximate surface area is 83.9 Å². The van der Waals surface area contributed by atoms with Gasteiger partial charge in [0.05, 0.1) is 16.2 Å². The van der Waals surface area contributed by atoms with Crippen LogP contribution in [0.25, 0.3) is 0 Å². The van der Waals surface area contributed by atoms with E-state index >= 15 is 0 Å². The standard InChI is InChI=1S/C10H21NOS/c1-7(2)9-5-4-8(3)6-10(9)13(11)12/h7-10H,4-6,11H2,1-3H3/t8-,9+,10+,13?/m1/s1. The molecule has 1 fully saturated rings. The van der Waals surface area contributed by atoms with E-state index in [0.717, 1.165) is 6.42 Å². The third-order valence-electron chi connectivity index (χ3n) is 3.26. The minimum Gasteiger partial charge on any atom is -0.252 e. The largest absolute Gasteiger partial charge is 0.252 e. The van der Waals surface area contributed by atoms with E-state index in [9.17, 15) is 4.21 Å². The maximum absolute atomic E-state index is 11.3. The highest BCUT2D eigenvalue weighted by molar-refractivity contribution is 7.83. The van der Waals surface area contributed by atoms with Crippen LogP contribution in [-0.4, -0.2) is 9.46 Å². The quantitative estimate of drug-likeness (QED) is 0.733. The Kier molecular flexibility index (Phi) is 3.92. The molecule has 1 aliphatic carbocycles. The van der Waals surface area contributed by atoms with Gasteiger partial charge in [-0.25, -0.2) is 4.21 Å². The van der Waals surface area contributed by atoms with Gasteiger partial charge in [0.1, 0.15) is 0 Å². The van der Waals surface area contributed by atoms with Crippen LogP contribution in [0.4, 0.5) is 0 Å². The molecular weight excluding hydrogens is 182 g/mol. The van der Waals surface area contributed by atoms with Crippen molar-refractivity contribution < 1.29 is 4.21 Å². The fraction of sp³-hybridized carbons (Fsp3) is 1.00. The van der Waals surface area contributed by atoms with Crippen molar-refractivity contribution in [3.63, 3.8) is 0 Å². The number of rotatable bonds is 2. The van der Waals surface area contributed by atoms with E-state index in [2.05, 4.69) is 20.8 Å². The van der Waals surface area contributed by atoms with Gasteiger partial charge in [-0.3, -0.25) is 5.14 Å². The van der Waals surface area contributed by atoms with Crippen molar-refractivity contribution in [3.8, 4) is 0 Å². The van der Waals surface area contributed by atoms with Crippen molar-refractivity contribution in [2.75, 3.05) is 0 Å².